The fraction of sp³-hybridized carbons (Fsp3) is 0.545. The van der Waals surface area contributed by atoms with Crippen LogP contribution in [0, 0.1) is 0 Å². The molecule has 1 spiro atoms. The van der Waals surface area contributed by atoms with E-state index in [9.17, 15) is 0 Å². The summed E-state index contributed by atoms with van der Waals surface area (Å²) in [5.41, 5.74) is 3.36. The molecule has 0 unspecified atom stereocenters. The lowest BCUT2D eigenvalue weighted by molar-refractivity contribution is 0.207. The Morgan fingerprint density at radius 3 is 2.43 bits per heavy atom. The minimum absolute atomic E-state index is 0.0541. The van der Waals surface area contributed by atoms with Crippen LogP contribution < -0.4 is 4.90 Å². The summed E-state index contributed by atoms with van der Waals surface area (Å²) in [7, 11) is 2.18. The van der Waals surface area contributed by atoms with Crippen molar-refractivity contribution >= 4 is 22.4 Å². The van der Waals surface area contributed by atoms with Gasteiger partial charge in [-0.15, -0.1) is 11.3 Å². The van der Waals surface area contributed by atoms with Crippen LogP contribution in [-0.2, 0) is 4.74 Å². The number of piperazine rings is 1. The summed E-state index contributed by atoms with van der Waals surface area (Å²) in [6.45, 7) is 5.08. The molecule has 1 aliphatic carbocycles. The van der Waals surface area contributed by atoms with Gasteiger partial charge in [-0.25, -0.2) is 9.98 Å². The predicted octanol–water partition coefficient (Wildman–Crippen LogP) is 4.04. The minimum atomic E-state index is 0.0541. The number of ether oxygens (including phenoxy) is 1. The van der Waals surface area contributed by atoms with Gasteiger partial charge in [-0.3, -0.25) is 0 Å². The maximum absolute atomic E-state index is 6.00. The van der Waals surface area contributed by atoms with Gasteiger partial charge in [0.25, 0.3) is 0 Å². The number of hydrogen-bond donors (Lipinski definition) is 0. The fourth-order valence-corrected chi connectivity index (χ4v) is 5.31. The van der Waals surface area contributed by atoms with Crippen LogP contribution in [0.3, 0.4) is 0 Å². The standard InChI is InChI=1S/C22H28N4OS/c1-25-11-13-26(14-12-25)21-23-19(15-28-21)17-5-7-18(8-6-17)20-24-22(16-27-20)9-3-2-4-10-22/h5-8,15H,2-4,9-14,16H2,1H3. The van der Waals surface area contributed by atoms with E-state index in [1.54, 1.807) is 11.3 Å². The number of aromatic nitrogens is 1. The molecule has 0 bridgehead atoms. The molecule has 3 heterocycles. The number of nitrogens with zero attached hydrogens (tertiary/aromatic N) is 4. The summed E-state index contributed by atoms with van der Waals surface area (Å²) in [6, 6.07) is 8.56. The first-order valence-corrected chi connectivity index (χ1v) is 11.3. The molecule has 0 N–H and O–H groups in total. The van der Waals surface area contributed by atoms with Crippen molar-refractivity contribution in [2.45, 2.75) is 37.6 Å². The highest BCUT2D eigenvalue weighted by Gasteiger charge is 2.37. The maximum atomic E-state index is 6.00. The van der Waals surface area contributed by atoms with Gasteiger partial charge < -0.3 is 14.5 Å². The lowest BCUT2D eigenvalue weighted by Crippen LogP contribution is -2.44. The number of benzene rings is 1. The molecule has 1 saturated heterocycles. The second-order valence-electron chi connectivity index (χ2n) is 8.37. The first kappa shape index (κ1) is 18.1. The Balaban J connectivity index is 1.30. The van der Waals surface area contributed by atoms with Crippen molar-refractivity contribution in [3.8, 4) is 11.3 Å². The molecule has 5 nitrogen and oxygen atoms in total. The summed E-state index contributed by atoms with van der Waals surface area (Å²) < 4.78 is 6.00. The van der Waals surface area contributed by atoms with Crippen molar-refractivity contribution in [3.05, 3.63) is 35.2 Å². The van der Waals surface area contributed by atoms with Gasteiger partial charge >= 0.3 is 0 Å². The van der Waals surface area contributed by atoms with E-state index in [0.717, 1.165) is 60.6 Å². The number of anilines is 1. The quantitative estimate of drug-likeness (QED) is 0.785. The third kappa shape index (κ3) is 3.55. The van der Waals surface area contributed by atoms with E-state index in [1.165, 1.54) is 32.1 Å². The summed E-state index contributed by atoms with van der Waals surface area (Å²) in [5, 5.41) is 3.30. The monoisotopic (exact) mass is 396 g/mol. The van der Waals surface area contributed by atoms with Gasteiger partial charge in [-0.2, -0.15) is 0 Å². The number of hydrogen-bond acceptors (Lipinski definition) is 6. The van der Waals surface area contributed by atoms with Gasteiger partial charge in [0.2, 0.25) is 5.90 Å². The Kier molecular flexibility index (Phi) is 4.85. The van der Waals surface area contributed by atoms with Crippen LogP contribution in [0.1, 0.15) is 37.7 Å². The molecule has 0 atom stereocenters. The molecule has 6 heteroatoms. The third-order valence-electron chi connectivity index (χ3n) is 6.29. The zero-order valence-corrected chi connectivity index (χ0v) is 17.4. The predicted molar refractivity (Wildman–Crippen MR) is 116 cm³/mol. The number of aliphatic imine (C=N–C) groups is 1. The maximum Gasteiger partial charge on any atom is 0.216 e. The summed E-state index contributed by atoms with van der Waals surface area (Å²) in [6.07, 6.45) is 6.23. The first-order chi connectivity index (χ1) is 13.7. The molecular formula is C22H28N4OS. The van der Waals surface area contributed by atoms with Crippen molar-refractivity contribution < 1.29 is 4.74 Å². The number of likely N-dealkylation sites (N-methyl/N-ethyl adjacent to an activating group) is 1. The van der Waals surface area contributed by atoms with E-state index in [0.29, 0.717) is 0 Å². The van der Waals surface area contributed by atoms with Gasteiger partial charge in [-0.1, -0.05) is 31.4 Å². The van der Waals surface area contributed by atoms with Gasteiger partial charge in [0.1, 0.15) is 6.61 Å². The van der Waals surface area contributed by atoms with Crippen LogP contribution >= 0.6 is 11.3 Å². The van der Waals surface area contributed by atoms with Crippen molar-refractivity contribution in [1.82, 2.24) is 9.88 Å². The molecule has 2 aliphatic heterocycles. The lowest BCUT2D eigenvalue weighted by Gasteiger charge is -2.32. The van der Waals surface area contributed by atoms with E-state index in [1.807, 2.05) is 0 Å². The Morgan fingerprint density at radius 1 is 0.964 bits per heavy atom. The first-order valence-electron chi connectivity index (χ1n) is 10.4. The fourth-order valence-electron chi connectivity index (χ4n) is 4.42. The van der Waals surface area contributed by atoms with Crippen LogP contribution in [0.2, 0.25) is 0 Å². The normalized spacial score (nSPS) is 22.3. The summed E-state index contributed by atoms with van der Waals surface area (Å²) in [5.74, 6) is 0.824. The van der Waals surface area contributed by atoms with Crippen molar-refractivity contribution in [3.63, 3.8) is 0 Å². The van der Waals surface area contributed by atoms with Crippen LogP contribution in [-0.4, -0.2) is 61.2 Å². The molecular weight excluding hydrogens is 368 g/mol. The minimum Gasteiger partial charge on any atom is -0.475 e. The highest BCUT2D eigenvalue weighted by Crippen LogP contribution is 2.36. The Hall–Kier alpha value is -1.92. The molecule has 2 fully saturated rings. The van der Waals surface area contributed by atoms with Gasteiger partial charge in [0.05, 0.1) is 11.2 Å². The van der Waals surface area contributed by atoms with E-state index < -0.39 is 0 Å². The molecule has 1 saturated carbocycles. The van der Waals surface area contributed by atoms with Gasteiger partial charge in [0.15, 0.2) is 5.13 Å². The highest BCUT2D eigenvalue weighted by molar-refractivity contribution is 7.14. The molecule has 1 aromatic heterocycles. The topological polar surface area (TPSA) is 41.0 Å². The van der Waals surface area contributed by atoms with E-state index in [-0.39, 0.29) is 5.54 Å². The smallest absolute Gasteiger partial charge is 0.216 e. The van der Waals surface area contributed by atoms with Gasteiger partial charge in [-0.05, 0) is 32.0 Å². The number of rotatable bonds is 3. The molecule has 2 aromatic rings. The zero-order valence-electron chi connectivity index (χ0n) is 16.6. The van der Waals surface area contributed by atoms with Crippen molar-refractivity contribution in [2.24, 2.45) is 4.99 Å². The zero-order chi connectivity index (χ0) is 19.0. The average molecular weight is 397 g/mol. The third-order valence-corrected chi connectivity index (χ3v) is 7.20. The van der Waals surface area contributed by atoms with Crippen molar-refractivity contribution in [2.75, 3.05) is 44.7 Å². The van der Waals surface area contributed by atoms with Crippen LogP contribution in [0.4, 0.5) is 5.13 Å². The summed E-state index contributed by atoms with van der Waals surface area (Å²) in [4.78, 5) is 14.6. The van der Waals surface area contributed by atoms with Crippen LogP contribution in [0.25, 0.3) is 11.3 Å². The van der Waals surface area contributed by atoms with Gasteiger partial charge in [0, 0.05) is 42.7 Å². The van der Waals surface area contributed by atoms with E-state index in [2.05, 4.69) is 46.5 Å². The molecule has 3 aliphatic rings. The Labute approximate surface area is 171 Å². The highest BCUT2D eigenvalue weighted by atomic mass is 32.1. The second-order valence-corrected chi connectivity index (χ2v) is 9.21. The Bertz CT molecular complexity index is 846. The summed E-state index contributed by atoms with van der Waals surface area (Å²) >= 11 is 1.74. The second kappa shape index (κ2) is 7.48. The molecule has 1 aromatic carbocycles. The SMILES string of the molecule is CN1CCN(c2nc(-c3ccc(C4=NC5(CCCCC5)CO4)cc3)cs2)CC1. The Morgan fingerprint density at radius 2 is 1.68 bits per heavy atom. The lowest BCUT2D eigenvalue weighted by atomic mass is 9.83. The molecule has 148 valence electrons. The van der Waals surface area contributed by atoms with E-state index >= 15 is 0 Å². The molecule has 0 amide bonds. The van der Waals surface area contributed by atoms with Crippen LogP contribution in [0.15, 0.2) is 34.6 Å². The largest absolute Gasteiger partial charge is 0.475 e. The van der Waals surface area contributed by atoms with Crippen LogP contribution in [0.5, 0.6) is 0 Å². The molecule has 0 radical (unpaired) electrons. The average Bonchev–Trinajstić information content (AvgIpc) is 3.38. The molecule has 28 heavy (non-hydrogen) atoms. The number of thiazole rings is 1. The van der Waals surface area contributed by atoms with Crippen molar-refractivity contribution in [1.29, 1.82) is 0 Å². The van der Waals surface area contributed by atoms with E-state index in [4.69, 9.17) is 14.7 Å². The molecule has 5 rings (SSSR count).